The minimum absolute atomic E-state index is 0.0709. The number of fused-ring (bicyclic) bond motifs is 1. The van der Waals surface area contributed by atoms with Crippen LogP contribution in [0.1, 0.15) is 47.1 Å². The summed E-state index contributed by atoms with van der Waals surface area (Å²) in [6.45, 7) is -0.472. The normalized spacial score (nSPS) is 14.2. The molecule has 39 heavy (non-hydrogen) atoms. The second-order valence-electron chi connectivity index (χ2n) is 9.36. The van der Waals surface area contributed by atoms with Gasteiger partial charge in [-0.05, 0) is 67.5 Å². The predicted molar refractivity (Wildman–Crippen MR) is 132 cm³/mol. The lowest BCUT2D eigenvalue weighted by atomic mass is 9.95. The van der Waals surface area contributed by atoms with E-state index in [1.807, 2.05) is 0 Å². The van der Waals surface area contributed by atoms with Gasteiger partial charge in [0.25, 0.3) is 0 Å². The van der Waals surface area contributed by atoms with Crippen LogP contribution in [0.3, 0.4) is 0 Å². The first-order chi connectivity index (χ1) is 18.6. The van der Waals surface area contributed by atoms with Gasteiger partial charge in [-0.15, -0.1) is 0 Å². The van der Waals surface area contributed by atoms with Gasteiger partial charge >= 0.3 is 6.18 Å². The van der Waals surface area contributed by atoms with Crippen LogP contribution in [0.2, 0.25) is 5.02 Å². The summed E-state index contributed by atoms with van der Waals surface area (Å²) in [6.07, 6.45) is -1.43. The predicted octanol–water partition coefficient (Wildman–Crippen LogP) is 6.47. The van der Waals surface area contributed by atoms with E-state index in [2.05, 4.69) is 15.6 Å². The third-order valence-corrected chi connectivity index (χ3v) is 6.85. The molecular formula is C27H22ClF5N4O2. The molecular weight excluding hydrogens is 543 g/mol. The molecule has 2 aromatic carbocycles. The zero-order valence-electron chi connectivity index (χ0n) is 20.4. The summed E-state index contributed by atoms with van der Waals surface area (Å²) in [4.78, 5) is 13.2. The van der Waals surface area contributed by atoms with Crippen molar-refractivity contribution in [3.05, 3.63) is 93.6 Å². The number of carbonyl (C=O) groups is 1. The van der Waals surface area contributed by atoms with Crippen LogP contribution >= 0.6 is 11.6 Å². The van der Waals surface area contributed by atoms with Crippen LogP contribution in [0.5, 0.6) is 0 Å². The monoisotopic (exact) mass is 564 g/mol. The Balaban J connectivity index is 1.46. The minimum Gasteiger partial charge on any atom is -0.364 e. The number of aromatic nitrogens is 3. The Morgan fingerprint density at radius 3 is 2.46 bits per heavy atom. The first-order valence-electron chi connectivity index (χ1n) is 12.2. The number of rotatable bonds is 7. The average molecular weight is 565 g/mol. The largest absolute Gasteiger partial charge is 0.435 e. The maximum Gasteiger partial charge on any atom is 0.435 e. The molecule has 1 aliphatic carbocycles. The van der Waals surface area contributed by atoms with Crippen LogP contribution in [-0.4, -0.2) is 20.8 Å². The Bertz CT molecular complexity index is 1480. The molecule has 5 rings (SSSR count). The van der Waals surface area contributed by atoms with Gasteiger partial charge in [0.1, 0.15) is 30.1 Å². The maximum absolute atomic E-state index is 13.9. The Morgan fingerprint density at radius 2 is 1.77 bits per heavy atom. The van der Waals surface area contributed by atoms with E-state index in [9.17, 15) is 26.7 Å². The molecule has 0 bridgehead atoms. The number of carbonyl (C=O) groups excluding carboxylic acids is 1. The van der Waals surface area contributed by atoms with E-state index in [0.29, 0.717) is 41.1 Å². The molecule has 2 heterocycles. The summed E-state index contributed by atoms with van der Waals surface area (Å²) >= 11 is 5.99. The first-order valence-corrected chi connectivity index (χ1v) is 12.6. The quantitative estimate of drug-likeness (QED) is 0.261. The molecule has 0 saturated carbocycles. The van der Waals surface area contributed by atoms with E-state index >= 15 is 0 Å². The molecule has 0 spiro atoms. The molecule has 0 aliphatic heterocycles. The molecule has 12 heteroatoms. The lowest BCUT2D eigenvalue weighted by Gasteiger charge is -2.19. The number of hydrogen-bond donors (Lipinski definition) is 1. The van der Waals surface area contributed by atoms with Gasteiger partial charge in [-0.1, -0.05) is 28.9 Å². The van der Waals surface area contributed by atoms with Crippen molar-refractivity contribution in [2.45, 2.75) is 50.9 Å². The summed E-state index contributed by atoms with van der Waals surface area (Å²) in [5.41, 5.74) is 1.21. The van der Waals surface area contributed by atoms with Crippen LogP contribution < -0.4 is 5.32 Å². The van der Waals surface area contributed by atoms with Gasteiger partial charge in [-0.2, -0.15) is 18.3 Å². The highest BCUT2D eigenvalue weighted by molar-refractivity contribution is 6.30. The highest BCUT2D eigenvalue weighted by Gasteiger charge is 2.39. The van der Waals surface area contributed by atoms with E-state index < -0.39 is 42.0 Å². The van der Waals surface area contributed by atoms with Crippen molar-refractivity contribution in [1.82, 2.24) is 20.3 Å². The first kappa shape index (κ1) is 26.9. The summed E-state index contributed by atoms with van der Waals surface area (Å²) in [7, 11) is 0. The number of halogens is 6. The molecule has 0 saturated heterocycles. The fourth-order valence-corrected chi connectivity index (χ4v) is 5.05. The number of amides is 1. The summed E-state index contributed by atoms with van der Waals surface area (Å²) in [6, 6.07) is 8.79. The highest BCUT2D eigenvalue weighted by atomic mass is 35.5. The van der Waals surface area contributed by atoms with Crippen molar-refractivity contribution < 1.29 is 31.3 Å². The number of nitrogens with zero attached hydrogens (tertiary/aromatic N) is 3. The molecule has 0 radical (unpaired) electrons. The molecule has 1 N–H and O–H groups in total. The van der Waals surface area contributed by atoms with Gasteiger partial charge in [0.2, 0.25) is 5.91 Å². The lowest BCUT2D eigenvalue weighted by Crippen LogP contribution is -2.34. The van der Waals surface area contributed by atoms with Crippen LogP contribution in [0.25, 0.3) is 11.1 Å². The average Bonchev–Trinajstić information content (AvgIpc) is 3.49. The third-order valence-electron chi connectivity index (χ3n) is 6.60. The van der Waals surface area contributed by atoms with Crippen LogP contribution in [0, 0.1) is 11.6 Å². The standard InChI is InChI=1S/C27H22ClF5N4O2/c28-17-7-5-16(6-8-17)21-14-39-36-25(21)22(11-15-9-18(29)12-19(30)10-15)34-24(38)13-37-23-4-2-1-3-20(23)26(35-37)27(31,32)33/h5-10,12,14,22H,1-4,11,13H2,(H,34,38). The van der Waals surface area contributed by atoms with E-state index in [1.54, 1.807) is 24.3 Å². The fraction of sp³-hybridized carbons (Fsp3) is 0.296. The summed E-state index contributed by atoms with van der Waals surface area (Å²) in [5, 5.41) is 11.0. The molecule has 6 nitrogen and oxygen atoms in total. The van der Waals surface area contributed by atoms with E-state index in [-0.39, 0.29) is 29.7 Å². The topological polar surface area (TPSA) is 73.0 Å². The van der Waals surface area contributed by atoms with Crippen LogP contribution in [0.4, 0.5) is 22.0 Å². The minimum atomic E-state index is -4.64. The zero-order valence-corrected chi connectivity index (χ0v) is 21.1. The summed E-state index contributed by atoms with van der Waals surface area (Å²) in [5.74, 6) is -2.24. The van der Waals surface area contributed by atoms with Crippen molar-refractivity contribution in [3.63, 3.8) is 0 Å². The third kappa shape index (κ3) is 5.98. The van der Waals surface area contributed by atoms with Gasteiger partial charge in [0, 0.05) is 27.9 Å². The molecule has 1 atom stereocenters. The van der Waals surface area contributed by atoms with E-state index in [0.717, 1.165) is 22.9 Å². The summed E-state index contributed by atoms with van der Waals surface area (Å²) < 4.78 is 74.9. The molecule has 1 unspecified atom stereocenters. The van der Waals surface area contributed by atoms with Gasteiger partial charge in [0.15, 0.2) is 5.69 Å². The number of nitrogens with one attached hydrogen (secondary N) is 1. The Hall–Kier alpha value is -3.73. The number of benzene rings is 2. The van der Waals surface area contributed by atoms with Crippen molar-refractivity contribution in [3.8, 4) is 11.1 Å². The van der Waals surface area contributed by atoms with Crippen molar-refractivity contribution in [1.29, 1.82) is 0 Å². The zero-order chi connectivity index (χ0) is 27.7. The molecule has 204 valence electrons. The molecule has 1 aliphatic rings. The Kier molecular flexibility index (Phi) is 7.44. The molecule has 1 amide bonds. The Labute approximate surface area is 224 Å². The highest BCUT2D eigenvalue weighted by Crippen LogP contribution is 2.36. The van der Waals surface area contributed by atoms with E-state index in [4.69, 9.17) is 16.1 Å². The fourth-order valence-electron chi connectivity index (χ4n) is 4.93. The second kappa shape index (κ2) is 10.8. The number of alkyl halides is 3. The van der Waals surface area contributed by atoms with Gasteiger partial charge in [-0.25, -0.2) is 8.78 Å². The van der Waals surface area contributed by atoms with Crippen molar-refractivity contribution >= 4 is 17.5 Å². The van der Waals surface area contributed by atoms with Gasteiger partial charge in [-0.3, -0.25) is 9.48 Å². The van der Waals surface area contributed by atoms with Crippen molar-refractivity contribution in [2.75, 3.05) is 0 Å². The van der Waals surface area contributed by atoms with Crippen LogP contribution in [-0.2, 0) is 36.8 Å². The SMILES string of the molecule is O=C(Cn1nc(C(F)(F)F)c2c1CCCC2)NC(Cc1cc(F)cc(F)c1)c1nocc1-c1ccc(Cl)cc1. The van der Waals surface area contributed by atoms with Gasteiger partial charge in [0.05, 0.1) is 6.04 Å². The maximum atomic E-state index is 13.9. The van der Waals surface area contributed by atoms with Crippen molar-refractivity contribution in [2.24, 2.45) is 0 Å². The molecule has 2 aromatic heterocycles. The second-order valence-corrected chi connectivity index (χ2v) is 9.80. The van der Waals surface area contributed by atoms with E-state index in [1.165, 1.54) is 6.26 Å². The smallest absolute Gasteiger partial charge is 0.364 e. The van der Waals surface area contributed by atoms with Crippen LogP contribution in [0.15, 0.2) is 53.3 Å². The molecule has 0 fully saturated rings. The lowest BCUT2D eigenvalue weighted by molar-refractivity contribution is -0.142. The number of hydrogen-bond acceptors (Lipinski definition) is 4. The van der Waals surface area contributed by atoms with Gasteiger partial charge < -0.3 is 9.84 Å². The molecule has 4 aromatic rings. The Morgan fingerprint density at radius 1 is 1.08 bits per heavy atom.